The molecule has 11 aromatic rings. The van der Waals surface area contributed by atoms with Crippen LogP contribution in [0.25, 0.3) is 111 Å². The van der Waals surface area contributed by atoms with Crippen LogP contribution in [-0.4, -0.2) is 24.1 Å². The largest absolute Gasteiger partial charge is 0.309 e. The summed E-state index contributed by atoms with van der Waals surface area (Å²) in [7, 11) is 0. The van der Waals surface area contributed by atoms with Gasteiger partial charge in [-0.05, 0) is 86.6 Å². The van der Waals surface area contributed by atoms with Gasteiger partial charge in [-0.3, -0.25) is 0 Å². The zero-order valence-corrected chi connectivity index (χ0v) is 29.0. The predicted octanol–water partition coefficient (Wildman–Crippen LogP) is 12.2. The Morgan fingerprint density at radius 2 is 0.981 bits per heavy atom. The maximum atomic E-state index is 5.10. The van der Waals surface area contributed by atoms with Gasteiger partial charge in [0.2, 0.25) is 0 Å². The number of rotatable bonds is 4. The molecule has 8 aromatic carbocycles. The van der Waals surface area contributed by atoms with Crippen LogP contribution in [0.15, 0.2) is 176 Å². The molecule has 0 fully saturated rings. The molecule has 3 heterocycles. The van der Waals surface area contributed by atoms with E-state index in [4.69, 9.17) is 15.1 Å². The summed E-state index contributed by atoms with van der Waals surface area (Å²) in [5.41, 5.74) is 14.8. The van der Waals surface area contributed by atoms with Crippen molar-refractivity contribution >= 4 is 49.3 Å². The molecule has 1 aliphatic carbocycles. The maximum absolute atomic E-state index is 5.10. The summed E-state index contributed by atoms with van der Waals surface area (Å²) in [6, 6.07) is 62.7. The molecule has 0 spiro atoms. The summed E-state index contributed by atoms with van der Waals surface area (Å²) in [6.45, 7) is 0. The standard InChI is InChI=1S/C49H29N5/c1-2-10-30(11-3-1)31-20-22-33(23-21-31)47-40-15-6-7-18-41(40)54-49(50-47)51-48(52-54)34-24-27-35(28-25-34)53-42-19-9-17-39-37-14-5-4-13-36(37)38-16-8-12-32-26-29-43(53)46(44(32)38)45(39)42/h1-29H. The predicted molar refractivity (Wildman–Crippen MR) is 221 cm³/mol. The van der Waals surface area contributed by atoms with E-state index in [0.29, 0.717) is 11.6 Å². The molecule has 0 N–H and O–H groups in total. The molecular weight excluding hydrogens is 659 g/mol. The number of aromatic nitrogens is 5. The molecule has 1 aliphatic rings. The molecule has 0 amide bonds. The minimum absolute atomic E-state index is 0.572. The minimum atomic E-state index is 0.572. The number of benzene rings is 8. The van der Waals surface area contributed by atoms with Gasteiger partial charge < -0.3 is 4.57 Å². The molecular formula is C49H29N5. The number of nitrogens with zero attached hydrogens (tertiary/aromatic N) is 5. The van der Waals surface area contributed by atoms with Gasteiger partial charge in [0, 0.05) is 33.0 Å². The van der Waals surface area contributed by atoms with Crippen molar-refractivity contribution in [1.29, 1.82) is 0 Å². The Kier molecular flexibility index (Phi) is 5.99. The van der Waals surface area contributed by atoms with Gasteiger partial charge in [0.15, 0.2) is 5.82 Å². The van der Waals surface area contributed by atoms with Gasteiger partial charge in [0.1, 0.15) is 0 Å². The first-order chi connectivity index (χ1) is 26.8. The molecule has 0 radical (unpaired) electrons. The Morgan fingerprint density at radius 1 is 0.370 bits per heavy atom. The van der Waals surface area contributed by atoms with Crippen molar-refractivity contribution in [2.75, 3.05) is 0 Å². The van der Waals surface area contributed by atoms with Crippen LogP contribution in [0.4, 0.5) is 0 Å². The Bertz CT molecular complexity index is 3300. The fourth-order valence-electron chi connectivity index (χ4n) is 8.72. The lowest BCUT2D eigenvalue weighted by molar-refractivity contribution is 0.988. The summed E-state index contributed by atoms with van der Waals surface area (Å²) in [4.78, 5) is 10.1. The van der Waals surface area contributed by atoms with E-state index >= 15 is 0 Å². The second-order valence-corrected chi connectivity index (χ2v) is 14.1. The van der Waals surface area contributed by atoms with Crippen LogP contribution < -0.4 is 0 Å². The van der Waals surface area contributed by atoms with Crippen molar-refractivity contribution in [3.63, 3.8) is 0 Å². The quantitative estimate of drug-likeness (QED) is 0.185. The summed E-state index contributed by atoms with van der Waals surface area (Å²) in [5.74, 6) is 1.21. The summed E-state index contributed by atoms with van der Waals surface area (Å²) >= 11 is 0. The Morgan fingerprint density at radius 3 is 1.80 bits per heavy atom. The monoisotopic (exact) mass is 687 g/mol. The number of hydrogen-bond acceptors (Lipinski definition) is 3. The molecule has 250 valence electrons. The fraction of sp³-hybridized carbons (Fsp3) is 0. The average Bonchev–Trinajstić information content (AvgIpc) is 3.80. The van der Waals surface area contributed by atoms with Crippen molar-refractivity contribution in [3.8, 4) is 61.7 Å². The SMILES string of the molecule is c1ccc(-c2ccc(-c3nc4nc(-c5ccc(-n6c7cccc8c7c7c9c(cccc9ccc76)-c6ccccc6-8)cc5)nn4c4ccccc34)cc2)cc1. The van der Waals surface area contributed by atoms with Gasteiger partial charge in [0.05, 0.1) is 22.2 Å². The topological polar surface area (TPSA) is 48.0 Å². The molecule has 3 aromatic heterocycles. The van der Waals surface area contributed by atoms with E-state index in [1.807, 2.05) is 16.6 Å². The van der Waals surface area contributed by atoms with Crippen molar-refractivity contribution in [3.05, 3.63) is 176 Å². The van der Waals surface area contributed by atoms with Crippen molar-refractivity contribution < 1.29 is 0 Å². The van der Waals surface area contributed by atoms with E-state index in [1.54, 1.807) is 0 Å². The second kappa shape index (κ2) is 11.1. The highest BCUT2D eigenvalue weighted by atomic mass is 15.3. The van der Waals surface area contributed by atoms with E-state index in [-0.39, 0.29) is 0 Å². The Labute approximate surface area is 310 Å². The first-order valence-electron chi connectivity index (χ1n) is 18.3. The highest BCUT2D eigenvalue weighted by molar-refractivity contribution is 6.30. The van der Waals surface area contributed by atoms with Crippen LogP contribution >= 0.6 is 0 Å². The van der Waals surface area contributed by atoms with Crippen LogP contribution in [0.5, 0.6) is 0 Å². The molecule has 0 bridgehead atoms. The van der Waals surface area contributed by atoms with E-state index < -0.39 is 0 Å². The summed E-state index contributed by atoms with van der Waals surface area (Å²) < 4.78 is 4.28. The van der Waals surface area contributed by atoms with Gasteiger partial charge in [0.25, 0.3) is 5.78 Å². The average molecular weight is 688 g/mol. The van der Waals surface area contributed by atoms with Crippen LogP contribution in [0.3, 0.4) is 0 Å². The molecule has 0 aliphatic heterocycles. The summed E-state index contributed by atoms with van der Waals surface area (Å²) in [5, 5.41) is 11.2. The first-order valence-corrected chi connectivity index (χ1v) is 18.3. The fourth-order valence-corrected chi connectivity index (χ4v) is 8.72. The lowest BCUT2D eigenvalue weighted by atomic mass is 9.93. The number of para-hydroxylation sites is 1. The highest BCUT2D eigenvalue weighted by Gasteiger charge is 2.24. The van der Waals surface area contributed by atoms with Crippen LogP contribution in [0.2, 0.25) is 0 Å². The van der Waals surface area contributed by atoms with Crippen molar-refractivity contribution in [1.82, 2.24) is 24.1 Å². The second-order valence-electron chi connectivity index (χ2n) is 14.1. The zero-order chi connectivity index (χ0) is 35.3. The molecule has 54 heavy (non-hydrogen) atoms. The molecule has 5 nitrogen and oxygen atoms in total. The molecule has 0 saturated carbocycles. The van der Waals surface area contributed by atoms with Gasteiger partial charge in [-0.2, -0.15) is 9.50 Å². The third-order valence-electron chi connectivity index (χ3n) is 11.1. The van der Waals surface area contributed by atoms with Crippen molar-refractivity contribution in [2.24, 2.45) is 0 Å². The van der Waals surface area contributed by atoms with E-state index in [9.17, 15) is 0 Å². The lowest BCUT2D eigenvalue weighted by Crippen LogP contribution is -1.97. The smallest absolute Gasteiger partial charge is 0.253 e. The Balaban J connectivity index is 0.989. The van der Waals surface area contributed by atoms with Gasteiger partial charge in [-0.1, -0.05) is 133 Å². The summed E-state index contributed by atoms with van der Waals surface area (Å²) in [6.07, 6.45) is 0. The van der Waals surface area contributed by atoms with Gasteiger partial charge >= 0.3 is 0 Å². The van der Waals surface area contributed by atoms with Crippen LogP contribution in [0, 0.1) is 0 Å². The first kappa shape index (κ1) is 29.2. The van der Waals surface area contributed by atoms with E-state index in [2.05, 4.69) is 168 Å². The molecule has 12 rings (SSSR count). The molecule has 0 unspecified atom stereocenters. The third kappa shape index (κ3) is 4.12. The van der Waals surface area contributed by atoms with Gasteiger partial charge in [-0.25, -0.2) is 4.98 Å². The van der Waals surface area contributed by atoms with Crippen LogP contribution in [0.1, 0.15) is 0 Å². The maximum Gasteiger partial charge on any atom is 0.253 e. The minimum Gasteiger partial charge on any atom is -0.309 e. The van der Waals surface area contributed by atoms with Crippen molar-refractivity contribution in [2.45, 2.75) is 0 Å². The normalized spacial score (nSPS) is 12.1. The zero-order valence-electron chi connectivity index (χ0n) is 29.0. The molecule has 0 atom stereocenters. The number of fused-ring (bicyclic) bond motifs is 6. The highest BCUT2D eigenvalue weighted by Crippen LogP contribution is 2.49. The van der Waals surface area contributed by atoms with E-state index in [1.165, 1.54) is 66.0 Å². The van der Waals surface area contributed by atoms with Gasteiger partial charge in [-0.15, -0.1) is 5.10 Å². The number of hydrogen-bond donors (Lipinski definition) is 0. The van der Waals surface area contributed by atoms with Crippen LogP contribution in [-0.2, 0) is 0 Å². The molecule has 0 saturated heterocycles. The lowest BCUT2D eigenvalue weighted by Gasteiger charge is -2.13. The van der Waals surface area contributed by atoms with E-state index in [0.717, 1.165) is 33.4 Å². The molecule has 5 heteroatoms. The third-order valence-corrected chi connectivity index (χ3v) is 11.1. The Hall–Kier alpha value is -7.37.